The molecule has 0 atom stereocenters. The van der Waals surface area contributed by atoms with Crippen LogP contribution in [0.3, 0.4) is 0 Å². The molecule has 0 radical (unpaired) electrons. The quantitative estimate of drug-likeness (QED) is 0.728. The van der Waals surface area contributed by atoms with E-state index in [9.17, 15) is 21.0 Å². The molecule has 0 spiro atoms. The Labute approximate surface area is 126 Å². The van der Waals surface area contributed by atoms with Gasteiger partial charge in [0.05, 0.1) is 10.6 Å². The molecule has 0 saturated carbocycles. The van der Waals surface area contributed by atoms with Crippen molar-refractivity contribution in [2.24, 2.45) is 0 Å². The summed E-state index contributed by atoms with van der Waals surface area (Å²) in [4.78, 5) is -0.325. The number of rotatable bonds is 3. The molecule has 1 fully saturated rings. The molecule has 1 aliphatic heterocycles. The number of hydrogen-bond acceptors (Lipinski definition) is 6. The Morgan fingerprint density at radius 3 is 2.24 bits per heavy atom. The topological polar surface area (TPSA) is 115 Å². The van der Waals surface area contributed by atoms with Gasteiger partial charge in [-0.05, 0) is 18.2 Å². The summed E-state index contributed by atoms with van der Waals surface area (Å²) in [7, 11) is -8.43. The van der Waals surface area contributed by atoms with Gasteiger partial charge in [0, 0.05) is 41.7 Å². The highest BCUT2D eigenvalue weighted by atomic mass is 32.2. The van der Waals surface area contributed by atoms with Gasteiger partial charge in [0.2, 0.25) is 10.0 Å². The van der Waals surface area contributed by atoms with E-state index in [-0.39, 0.29) is 40.1 Å². The Hall–Kier alpha value is -0.970. The molecule has 10 heteroatoms. The van der Waals surface area contributed by atoms with E-state index in [2.05, 4.69) is 0 Å². The fourth-order valence-corrected chi connectivity index (χ4v) is 5.56. The molecule has 21 heavy (non-hydrogen) atoms. The van der Waals surface area contributed by atoms with Crippen molar-refractivity contribution in [3.8, 4) is 0 Å². The maximum Gasteiger partial charge on any atom is 0.245 e. The molecule has 1 aromatic rings. The Balaban J connectivity index is 2.47. The number of anilines is 1. The lowest BCUT2D eigenvalue weighted by molar-refractivity contribution is 0.439. The zero-order valence-electron chi connectivity index (χ0n) is 11.4. The summed E-state index contributed by atoms with van der Waals surface area (Å²) in [5.74, 6) is 0.538. The smallest absolute Gasteiger partial charge is 0.245 e. The number of nitrogens with two attached hydrogens (primary N) is 1. The first-order valence-corrected chi connectivity index (χ1v) is 10.9. The molecule has 1 heterocycles. The standard InChI is InChI=1S/C11H16N2O5S3/c1-20(15,16)9-2-3-10(12)11(8-9)21(17,18)13-4-6-19(14)7-5-13/h2-3,8H,4-7,12H2,1H3. The lowest BCUT2D eigenvalue weighted by atomic mass is 10.3. The predicted molar refractivity (Wildman–Crippen MR) is 80.6 cm³/mol. The minimum atomic E-state index is -3.89. The van der Waals surface area contributed by atoms with Crippen molar-refractivity contribution in [1.82, 2.24) is 4.31 Å². The van der Waals surface area contributed by atoms with Crippen LogP contribution in [0.15, 0.2) is 28.0 Å². The summed E-state index contributed by atoms with van der Waals surface area (Å²) in [5.41, 5.74) is 5.69. The molecule has 1 aliphatic rings. The fourth-order valence-electron chi connectivity index (χ4n) is 1.97. The third-order valence-corrected chi connectivity index (χ3v) is 7.51. The van der Waals surface area contributed by atoms with Crippen LogP contribution in [-0.2, 0) is 30.7 Å². The Bertz CT molecular complexity index is 776. The van der Waals surface area contributed by atoms with E-state index >= 15 is 0 Å². The molecule has 2 rings (SSSR count). The summed E-state index contributed by atoms with van der Waals surface area (Å²) in [6, 6.07) is 3.62. The van der Waals surface area contributed by atoms with E-state index in [4.69, 9.17) is 5.73 Å². The van der Waals surface area contributed by atoms with Gasteiger partial charge >= 0.3 is 0 Å². The van der Waals surface area contributed by atoms with Crippen LogP contribution in [0.25, 0.3) is 0 Å². The van der Waals surface area contributed by atoms with Gasteiger partial charge in [-0.1, -0.05) is 0 Å². The molecular weight excluding hydrogens is 336 g/mol. The van der Waals surface area contributed by atoms with Crippen molar-refractivity contribution in [3.05, 3.63) is 18.2 Å². The number of sulfonamides is 1. The van der Waals surface area contributed by atoms with Crippen molar-refractivity contribution in [3.63, 3.8) is 0 Å². The van der Waals surface area contributed by atoms with Gasteiger partial charge in [0.1, 0.15) is 4.90 Å². The fraction of sp³-hybridized carbons (Fsp3) is 0.455. The lowest BCUT2D eigenvalue weighted by Crippen LogP contribution is -2.41. The van der Waals surface area contributed by atoms with Gasteiger partial charge in [-0.2, -0.15) is 4.31 Å². The van der Waals surface area contributed by atoms with Gasteiger partial charge < -0.3 is 5.73 Å². The van der Waals surface area contributed by atoms with Gasteiger partial charge in [-0.25, -0.2) is 16.8 Å². The van der Waals surface area contributed by atoms with E-state index in [0.717, 1.165) is 12.3 Å². The molecule has 0 bridgehead atoms. The molecule has 0 aliphatic carbocycles. The van der Waals surface area contributed by atoms with E-state index < -0.39 is 30.7 Å². The Kier molecular flexibility index (Phi) is 4.43. The number of hydrogen-bond donors (Lipinski definition) is 1. The number of nitrogens with zero attached hydrogens (tertiary/aromatic N) is 1. The molecule has 0 amide bonds. The lowest BCUT2D eigenvalue weighted by Gasteiger charge is -2.26. The number of nitrogen functional groups attached to an aromatic ring is 1. The van der Waals surface area contributed by atoms with Crippen LogP contribution in [0.1, 0.15) is 0 Å². The van der Waals surface area contributed by atoms with Gasteiger partial charge in [-0.3, -0.25) is 4.21 Å². The average Bonchev–Trinajstić information content (AvgIpc) is 2.38. The number of sulfone groups is 1. The van der Waals surface area contributed by atoms with Crippen LogP contribution >= 0.6 is 0 Å². The molecule has 118 valence electrons. The highest BCUT2D eigenvalue weighted by Gasteiger charge is 2.30. The molecule has 2 N–H and O–H groups in total. The van der Waals surface area contributed by atoms with Crippen LogP contribution in [0.2, 0.25) is 0 Å². The van der Waals surface area contributed by atoms with Gasteiger partial charge in [0.15, 0.2) is 9.84 Å². The normalized spacial score (nSPS) is 18.7. The molecule has 0 aromatic heterocycles. The highest BCUT2D eigenvalue weighted by molar-refractivity contribution is 7.91. The molecule has 1 saturated heterocycles. The van der Waals surface area contributed by atoms with Crippen molar-refractivity contribution in [2.75, 3.05) is 36.6 Å². The average molecular weight is 352 g/mol. The van der Waals surface area contributed by atoms with Gasteiger partial charge in [0.25, 0.3) is 0 Å². The second-order valence-electron chi connectivity index (χ2n) is 4.72. The molecule has 1 aromatic carbocycles. The first kappa shape index (κ1) is 16.4. The zero-order chi connectivity index (χ0) is 15.8. The summed E-state index contributed by atoms with van der Waals surface area (Å²) < 4.78 is 60.7. The van der Waals surface area contributed by atoms with Crippen molar-refractivity contribution >= 4 is 36.3 Å². The first-order valence-electron chi connectivity index (χ1n) is 6.07. The predicted octanol–water partition coefficient (Wildman–Crippen LogP) is -0.575. The largest absolute Gasteiger partial charge is 0.398 e. The van der Waals surface area contributed by atoms with Crippen LogP contribution in [0, 0.1) is 0 Å². The third-order valence-electron chi connectivity index (χ3n) is 3.17. The molecular formula is C11H16N2O5S3. The maximum atomic E-state index is 12.5. The zero-order valence-corrected chi connectivity index (χ0v) is 13.8. The minimum absolute atomic E-state index is 0.00547. The van der Waals surface area contributed by atoms with E-state index in [1.54, 1.807) is 0 Å². The third kappa shape index (κ3) is 3.44. The highest BCUT2D eigenvalue weighted by Crippen LogP contribution is 2.26. The Morgan fingerprint density at radius 1 is 1.14 bits per heavy atom. The van der Waals surface area contributed by atoms with E-state index in [1.165, 1.54) is 16.4 Å². The monoisotopic (exact) mass is 352 g/mol. The van der Waals surface area contributed by atoms with Crippen molar-refractivity contribution in [1.29, 1.82) is 0 Å². The first-order chi connectivity index (χ1) is 9.62. The maximum absolute atomic E-state index is 12.5. The minimum Gasteiger partial charge on any atom is -0.398 e. The summed E-state index contributed by atoms with van der Waals surface area (Å²) in [6.07, 6.45) is 0.999. The summed E-state index contributed by atoms with van der Waals surface area (Å²) in [6.45, 7) is 0.273. The summed E-state index contributed by atoms with van der Waals surface area (Å²) in [5, 5.41) is 0. The summed E-state index contributed by atoms with van der Waals surface area (Å²) >= 11 is 0. The number of benzene rings is 1. The van der Waals surface area contributed by atoms with E-state index in [0.29, 0.717) is 0 Å². The SMILES string of the molecule is CS(=O)(=O)c1ccc(N)c(S(=O)(=O)N2CCS(=O)CC2)c1. The second kappa shape index (κ2) is 5.67. The van der Waals surface area contributed by atoms with Crippen LogP contribution in [0.4, 0.5) is 5.69 Å². The van der Waals surface area contributed by atoms with Crippen LogP contribution in [-0.4, -0.2) is 56.2 Å². The van der Waals surface area contributed by atoms with Crippen LogP contribution in [0.5, 0.6) is 0 Å². The van der Waals surface area contributed by atoms with Crippen molar-refractivity contribution in [2.45, 2.75) is 9.79 Å². The van der Waals surface area contributed by atoms with Gasteiger partial charge in [-0.15, -0.1) is 0 Å². The van der Waals surface area contributed by atoms with Crippen LogP contribution < -0.4 is 5.73 Å². The second-order valence-corrected chi connectivity index (χ2v) is 10.3. The van der Waals surface area contributed by atoms with Crippen molar-refractivity contribution < 1.29 is 21.0 Å². The molecule has 7 nitrogen and oxygen atoms in total. The Morgan fingerprint density at radius 2 is 1.71 bits per heavy atom. The molecule has 0 unspecified atom stereocenters. The van der Waals surface area contributed by atoms with E-state index in [1.807, 2.05) is 0 Å².